The number of carbonyl (C=O) groups is 1. The highest BCUT2D eigenvalue weighted by Gasteiger charge is 2.06. The molecule has 2 N–H and O–H groups in total. The highest BCUT2D eigenvalue weighted by Crippen LogP contribution is 2.25. The van der Waals surface area contributed by atoms with Gasteiger partial charge in [-0.05, 0) is 12.1 Å². The number of anilines is 2. The number of nitrogens with zero attached hydrogens (tertiary/aromatic N) is 2. The molecule has 2 amide bonds. The zero-order valence-electron chi connectivity index (χ0n) is 12.1. The van der Waals surface area contributed by atoms with E-state index in [0.717, 1.165) is 22.1 Å². The molecule has 5 nitrogen and oxygen atoms in total. The van der Waals surface area contributed by atoms with Crippen molar-refractivity contribution >= 4 is 28.2 Å². The third-order valence-electron chi connectivity index (χ3n) is 2.74. The molecule has 0 fully saturated rings. The van der Waals surface area contributed by atoms with Crippen LogP contribution in [0.3, 0.4) is 0 Å². The first kappa shape index (κ1) is 15.1. The van der Waals surface area contributed by atoms with E-state index in [-0.39, 0.29) is 6.03 Å². The number of nitrogens with one attached hydrogen (secondary N) is 2. The SMILES string of the molecule is C=CCNc1nc(-c2ccc(NC(=O)N(C)C)cc2)cs1. The lowest BCUT2D eigenvalue weighted by Crippen LogP contribution is -2.27. The largest absolute Gasteiger partial charge is 0.358 e. The van der Waals surface area contributed by atoms with Gasteiger partial charge in [-0.3, -0.25) is 0 Å². The van der Waals surface area contributed by atoms with Crippen LogP contribution in [0.15, 0.2) is 42.3 Å². The van der Waals surface area contributed by atoms with Crippen LogP contribution in [-0.4, -0.2) is 36.6 Å². The van der Waals surface area contributed by atoms with E-state index < -0.39 is 0 Å². The highest BCUT2D eigenvalue weighted by atomic mass is 32.1. The molecule has 1 aromatic carbocycles. The van der Waals surface area contributed by atoms with Crippen molar-refractivity contribution in [2.75, 3.05) is 31.3 Å². The number of carbonyl (C=O) groups excluding carboxylic acids is 1. The fourth-order valence-corrected chi connectivity index (χ4v) is 2.34. The average molecular weight is 302 g/mol. The van der Waals surface area contributed by atoms with Crippen molar-refractivity contribution in [3.63, 3.8) is 0 Å². The molecule has 0 aliphatic carbocycles. The predicted molar refractivity (Wildman–Crippen MR) is 88.9 cm³/mol. The third-order valence-corrected chi connectivity index (χ3v) is 3.54. The molecule has 0 saturated heterocycles. The van der Waals surface area contributed by atoms with E-state index in [1.54, 1.807) is 31.5 Å². The molecule has 0 radical (unpaired) electrons. The summed E-state index contributed by atoms with van der Waals surface area (Å²) >= 11 is 1.56. The summed E-state index contributed by atoms with van der Waals surface area (Å²) in [6.07, 6.45) is 1.79. The van der Waals surface area contributed by atoms with Gasteiger partial charge in [-0.2, -0.15) is 0 Å². The lowest BCUT2D eigenvalue weighted by atomic mass is 10.1. The molecular weight excluding hydrogens is 284 g/mol. The van der Waals surface area contributed by atoms with Gasteiger partial charge in [0.1, 0.15) is 0 Å². The third kappa shape index (κ3) is 4.06. The lowest BCUT2D eigenvalue weighted by molar-refractivity contribution is 0.230. The molecule has 0 saturated carbocycles. The standard InChI is InChI=1S/C15H18N4OS/c1-4-9-16-14-18-13(10-21-14)11-5-7-12(8-6-11)17-15(20)19(2)3/h4-8,10H,1,9H2,2-3H3,(H,16,18)(H,17,20). The minimum Gasteiger partial charge on any atom is -0.358 e. The molecular formula is C15H18N4OS. The predicted octanol–water partition coefficient (Wildman–Crippen LogP) is 3.50. The second-order valence-electron chi connectivity index (χ2n) is 4.61. The molecule has 0 bridgehead atoms. The molecule has 0 atom stereocenters. The van der Waals surface area contributed by atoms with Crippen molar-refractivity contribution in [1.29, 1.82) is 0 Å². The Hall–Kier alpha value is -2.34. The van der Waals surface area contributed by atoms with E-state index >= 15 is 0 Å². The molecule has 0 unspecified atom stereocenters. The zero-order valence-corrected chi connectivity index (χ0v) is 12.9. The van der Waals surface area contributed by atoms with Gasteiger partial charge in [0.25, 0.3) is 0 Å². The first-order valence-corrected chi connectivity index (χ1v) is 7.37. The topological polar surface area (TPSA) is 57.3 Å². The van der Waals surface area contributed by atoms with Gasteiger partial charge in [0.15, 0.2) is 5.13 Å². The Morgan fingerprint density at radius 2 is 2.10 bits per heavy atom. The van der Waals surface area contributed by atoms with Crippen molar-refractivity contribution in [3.8, 4) is 11.3 Å². The normalized spacial score (nSPS) is 10.0. The number of amides is 2. The van der Waals surface area contributed by atoms with Crippen molar-refractivity contribution in [2.45, 2.75) is 0 Å². The van der Waals surface area contributed by atoms with Crippen LogP contribution >= 0.6 is 11.3 Å². The second-order valence-corrected chi connectivity index (χ2v) is 5.47. The van der Waals surface area contributed by atoms with Gasteiger partial charge in [0.2, 0.25) is 0 Å². The molecule has 1 aromatic heterocycles. The Kier molecular flexibility index (Phi) is 4.94. The quantitative estimate of drug-likeness (QED) is 0.831. The smallest absolute Gasteiger partial charge is 0.321 e. The van der Waals surface area contributed by atoms with Gasteiger partial charge < -0.3 is 15.5 Å². The van der Waals surface area contributed by atoms with Crippen LogP contribution in [0.1, 0.15) is 0 Å². The molecule has 21 heavy (non-hydrogen) atoms. The van der Waals surface area contributed by atoms with Crippen LogP contribution in [0.4, 0.5) is 15.6 Å². The summed E-state index contributed by atoms with van der Waals surface area (Å²) in [4.78, 5) is 17.6. The van der Waals surface area contributed by atoms with Crippen LogP contribution in [0.25, 0.3) is 11.3 Å². The van der Waals surface area contributed by atoms with Gasteiger partial charge in [-0.25, -0.2) is 9.78 Å². The summed E-state index contributed by atoms with van der Waals surface area (Å²) in [5.74, 6) is 0. The van der Waals surface area contributed by atoms with Crippen molar-refractivity contribution < 1.29 is 4.79 Å². The Morgan fingerprint density at radius 1 is 1.38 bits per heavy atom. The number of aromatic nitrogens is 1. The van der Waals surface area contributed by atoms with Crippen LogP contribution in [-0.2, 0) is 0 Å². The maximum atomic E-state index is 11.6. The first-order chi connectivity index (χ1) is 10.1. The molecule has 110 valence electrons. The molecule has 0 aliphatic rings. The number of rotatable bonds is 5. The van der Waals surface area contributed by atoms with E-state index in [0.29, 0.717) is 6.54 Å². The van der Waals surface area contributed by atoms with Crippen molar-refractivity contribution in [2.24, 2.45) is 0 Å². The Labute approximate surface area is 128 Å². The van der Waals surface area contributed by atoms with Crippen LogP contribution < -0.4 is 10.6 Å². The molecule has 2 aromatic rings. The summed E-state index contributed by atoms with van der Waals surface area (Å²) in [6.45, 7) is 4.36. The number of urea groups is 1. The van der Waals surface area contributed by atoms with Gasteiger partial charge in [-0.1, -0.05) is 18.2 Å². The molecule has 1 heterocycles. The van der Waals surface area contributed by atoms with Crippen LogP contribution in [0.2, 0.25) is 0 Å². The van der Waals surface area contributed by atoms with E-state index in [1.165, 1.54) is 4.90 Å². The number of hydrogen-bond donors (Lipinski definition) is 2. The zero-order chi connectivity index (χ0) is 15.2. The Balaban J connectivity index is 2.06. The van der Waals surface area contributed by atoms with Crippen LogP contribution in [0, 0.1) is 0 Å². The lowest BCUT2D eigenvalue weighted by Gasteiger charge is -2.11. The van der Waals surface area contributed by atoms with E-state index in [2.05, 4.69) is 22.2 Å². The Bertz CT molecular complexity index is 619. The summed E-state index contributed by atoms with van der Waals surface area (Å²) in [6, 6.07) is 7.47. The van der Waals surface area contributed by atoms with Crippen LogP contribution in [0.5, 0.6) is 0 Å². The fraction of sp³-hybridized carbons (Fsp3) is 0.200. The van der Waals surface area contributed by atoms with Gasteiger partial charge >= 0.3 is 6.03 Å². The van der Waals surface area contributed by atoms with Gasteiger partial charge in [-0.15, -0.1) is 17.9 Å². The monoisotopic (exact) mass is 302 g/mol. The highest BCUT2D eigenvalue weighted by molar-refractivity contribution is 7.14. The maximum absolute atomic E-state index is 11.6. The molecule has 0 spiro atoms. The summed E-state index contributed by atoms with van der Waals surface area (Å²) in [5.41, 5.74) is 2.69. The second kappa shape index (κ2) is 6.90. The summed E-state index contributed by atoms with van der Waals surface area (Å²) in [7, 11) is 3.41. The first-order valence-electron chi connectivity index (χ1n) is 6.49. The minimum absolute atomic E-state index is 0.146. The number of thiazole rings is 1. The van der Waals surface area contributed by atoms with Crippen molar-refractivity contribution in [3.05, 3.63) is 42.3 Å². The molecule has 6 heteroatoms. The Morgan fingerprint density at radius 3 is 2.71 bits per heavy atom. The van der Waals surface area contributed by atoms with E-state index in [4.69, 9.17) is 0 Å². The molecule has 2 rings (SSSR count). The van der Waals surface area contributed by atoms with Crippen molar-refractivity contribution in [1.82, 2.24) is 9.88 Å². The van der Waals surface area contributed by atoms with E-state index in [9.17, 15) is 4.79 Å². The number of hydrogen-bond acceptors (Lipinski definition) is 4. The summed E-state index contributed by atoms with van der Waals surface area (Å²) < 4.78 is 0. The average Bonchev–Trinajstić information content (AvgIpc) is 2.94. The number of benzene rings is 1. The van der Waals surface area contributed by atoms with E-state index in [1.807, 2.05) is 29.6 Å². The maximum Gasteiger partial charge on any atom is 0.321 e. The van der Waals surface area contributed by atoms with Gasteiger partial charge in [0, 0.05) is 37.3 Å². The fourth-order valence-electron chi connectivity index (χ4n) is 1.61. The van der Waals surface area contributed by atoms with Gasteiger partial charge in [0.05, 0.1) is 5.69 Å². The minimum atomic E-state index is -0.146. The molecule has 0 aliphatic heterocycles. The summed E-state index contributed by atoms with van der Waals surface area (Å²) in [5, 5.41) is 8.83.